The molecular formula is C9H13F. The van der Waals surface area contributed by atoms with E-state index in [4.69, 9.17) is 0 Å². The molecule has 56 valence electrons. The fourth-order valence-corrected chi connectivity index (χ4v) is 0.639. The molecule has 0 saturated carbocycles. The molecule has 0 aliphatic rings. The maximum Gasteiger partial charge on any atom is 0.108 e. The molecule has 0 bridgehead atoms. The lowest BCUT2D eigenvalue weighted by atomic mass is 10.2. The Hall–Kier alpha value is -0.850. The minimum Gasteiger partial charge on any atom is -0.247 e. The van der Waals surface area contributed by atoms with Gasteiger partial charge in [0.2, 0.25) is 0 Å². The smallest absolute Gasteiger partial charge is 0.108 e. The zero-order chi connectivity index (χ0) is 7.82. The first-order valence-corrected chi connectivity index (χ1v) is 3.39. The Morgan fingerprint density at radius 2 is 2.30 bits per heavy atom. The minimum absolute atomic E-state index is 0.394. The van der Waals surface area contributed by atoms with Gasteiger partial charge in [0.15, 0.2) is 0 Å². The van der Waals surface area contributed by atoms with E-state index >= 15 is 0 Å². The largest absolute Gasteiger partial charge is 0.247 e. The van der Waals surface area contributed by atoms with E-state index in [-0.39, 0.29) is 0 Å². The Balaban J connectivity index is 3.94. The number of halogens is 1. The molecule has 0 aromatic rings. The van der Waals surface area contributed by atoms with Gasteiger partial charge >= 0.3 is 0 Å². The molecule has 0 aliphatic heterocycles. The minimum atomic E-state index is -0.394. The molecule has 0 atom stereocenters. The van der Waals surface area contributed by atoms with Crippen molar-refractivity contribution in [3.05, 3.63) is 36.5 Å². The molecule has 10 heavy (non-hydrogen) atoms. The lowest BCUT2D eigenvalue weighted by Crippen LogP contribution is -1.73. The van der Waals surface area contributed by atoms with E-state index in [0.29, 0.717) is 0 Å². The molecule has 0 aliphatic carbocycles. The SMILES string of the molecule is C=C/C=C(\C=C/CF)CC. The summed E-state index contributed by atoms with van der Waals surface area (Å²) in [5.41, 5.74) is 1.10. The van der Waals surface area contributed by atoms with Gasteiger partial charge in [-0.05, 0) is 12.0 Å². The molecular weight excluding hydrogens is 127 g/mol. The number of alkyl halides is 1. The topological polar surface area (TPSA) is 0 Å². The van der Waals surface area contributed by atoms with Crippen LogP contribution in [0.5, 0.6) is 0 Å². The van der Waals surface area contributed by atoms with Crippen LogP contribution in [0.1, 0.15) is 13.3 Å². The van der Waals surface area contributed by atoms with E-state index in [1.807, 2.05) is 13.0 Å². The van der Waals surface area contributed by atoms with Crippen molar-refractivity contribution in [2.75, 3.05) is 6.67 Å². The van der Waals surface area contributed by atoms with Gasteiger partial charge in [0.25, 0.3) is 0 Å². The molecule has 0 radical (unpaired) electrons. The van der Waals surface area contributed by atoms with Gasteiger partial charge in [-0.25, -0.2) is 4.39 Å². The van der Waals surface area contributed by atoms with Crippen LogP contribution in [-0.4, -0.2) is 6.67 Å². The average molecular weight is 140 g/mol. The standard InChI is InChI=1S/C9H13F/c1-3-6-9(4-2)7-5-8-10/h3,5-7H,1,4,8H2,2H3/b7-5-,9-6-. The number of rotatable bonds is 4. The van der Waals surface area contributed by atoms with Crippen LogP contribution >= 0.6 is 0 Å². The molecule has 0 heterocycles. The Kier molecular flexibility index (Phi) is 5.74. The molecule has 0 fully saturated rings. The normalized spacial score (nSPS) is 12.4. The summed E-state index contributed by atoms with van der Waals surface area (Å²) in [6.45, 7) is 5.18. The Morgan fingerprint density at radius 1 is 1.60 bits per heavy atom. The van der Waals surface area contributed by atoms with Crippen LogP contribution in [0.3, 0.4) is 0 Å². The molecule has 0 unspecified atom stereocenters. The van der Waals surface area contributed by atoms with Gasteiger partial charge in [-0.3, -0.25) is 0 Å². The zero-order valence-corrected chi connectivity index (χ0v) is 6.31. The van der Waals surface area contributed by atoms with Gasteiger partial charge in [-0.2, -0.15) is 0 Å². The van der Waals surface area contributed by atoms with Gasteiger partial charge in [0.1, 0.15) is 6.67 Å². The molecule has 1 heteroatoms. The highest BCUT2D eigenvalue weighted by atomic mass is 19.1. The summed E-state index contributed by atoms with van der Waals surface area (Å²) in [5.74, 6) is 0. The Labute approximate surface area is 61.8 Å². The van der Waals surface area contributed by atoms with Gasteiger partial charge < -0.3 is 0 Å². The lowest BCUT2D eigenvalue weighted by Gasteiger charge is -1.91. The van der Waals surface area contributed by atoms with E-state index < -0.39 is 6.67 Å². The van der Waals surface area contributed by atoms with Gasteiger partial charge in [0, 0.05) is 0 Å². The van der Waals surface area contributed by atoms with Crippen LogP contribution in [0, 0.1) is 0 Å². The predicted octanol–water partition coefficient (Wildman–Crippen LogP) is 3.03. The third-order valence-corrected chi connectivity index (χ3v) is 1.16. The van der Waals surface area contributed by atoms with E-state index in [0.717, 1.165) is 12.0 Å². The van der Waals surface area contributed by atoms with Gasteiger partial charge in [-0.1, -0.05) is 37.8 Å². The summed E-state index contributed by atoms with van der Waals surface area (Å²) in [4.78, 5) is 0. The molecule has 0 aromatic carbocycles. The predicted molar refractivity (Wildman–Crippen MR) is 43.7 cm³/mol. The first kappa shape index (κ1) is 9.15. The maximum atomic E-state index is 11.6. The van der Waals surface area contributed by atoms with Crippen LogP contribution in [0.4, 0.5) is 4.39 Å². The maximum absolute atomic E-state index is 11.6. The van der Waals surface area contributed by atoms with Crippen molar-refractivity contribution >= 4 is 0 Å². The van der Waals surface area contributed by atoms with Crippen LogP contribution in [0.25, 0.3) is 0 Å². The number of allylic oxidation sites excluding steroid dienone is 5. The molecule has 0 spiro atoms. The Bertz CT molecular complexity index is 143. The van der Waals surface area contributed by atoms with E-state index in [2.05, 4.69) is 6.58 Å². The number of hydrogen-bond donors (Lipinski definition) is 0. The summed E-state index contributed by atoms with van der Waals surface area (Å²) >= 11 is 0. The summed E-state index contributed by atoms with van der Waals surface area (Å²) in [7, 11) is 0. The highest BCUT2D eigenvalue weighted by Crippen LogP contribution is 2.01. The van der Waals surface area contributed by atoms with Crippen molar-refractivity contribution < 1.29 is 4.39 Å². The van der Waals surface area contributed by atoms with Crippen LogP contribution in [-0.2, 0) is 0 Å². The summed E-state index contributed by atoms with van der Waals surface area (Å²) in [6, 6.07) is 0. The summed E-state index contributed by atoms with van der Waals surface area (Å²) < 4.78 is 11.6. The Morgan fingerprint density at radius 3 is 2.70 bits per heavy atom. The third-order valence-electron chi connectivity index (χ3n) is 1.16. The zero-order valence-electron chi connectivity index (χ0n) is 6.31. The molecule has 0 aromatic heterocycles. The van der Waals surface area contributed by atoms with Gasteiger partial charge in [0.05, 0.1) is 0 Å². The average Bonchev–Trinajstić information content (AvgIpc) is 1.98. The monoisotopic (exact) mass is 140 g/mol. The van der Waals surface area contributed by atoms with E-state index in [1.165, 1.54) is 6.08 Å². The fraction of sp³-hybridized carbons (Fsp3) is 0.333. The van der Waals surface area contributed by atoms with E-state index in [1.54, 1.807) is 12.2 Å². The van der Waals surface area contributed by atoms with Crippen LogP contribution in [0.15, 0.2) is 36.5 Å². The van der Waals surface area contributed by atoms with Crippen LogP contribution < -0.4 is 0 Å². The highest BCUT2D eigenvalue weighted by Gasteiger charge is 1.82. The molecule has 0 N–H and O–H groups in total. The summed E-state index contributed by atoms with van der Waals surface area (Å²) in [5, 5.41) is 0. The van der Waals surface area contributed by atoms with Crippen molar-refractivity contribution in [1.82, 2.24) is 0 Å². The summed E-state index contributed by atoms with van der Waals surface area (Å²) in [6.07, 6.45) is 7.79. The second-order valence-electron chi connectivity index (χ2n) is 1.89. The van der Waals surface area contributed by atoms with Crippen molar-refractivity contribution in [2.24, 2.45) is 0 Å². The van der Waals surface area contributed by atoms with E-state index in [9.17, 15) is 4.39 Å². The van der Waals surface area contributed by atoms with Crippen LogP contribution in [0.2, 0.25) is 0 Å². The fourth-order valence-electron chi connectivity index (χ4n) is 0.639. The quantitative estimate of drug-likeness (QED) is 0.526. The van der Waals surface area contributed by atoms with Crippen molar-refractivity contribution in [2.45, 2.75) is 13.3 Å². The van der Waals surface area contributed by atoms with Crippen molar-refractivity contribution in [3.63, 3.8) is 0 Å². The van der Waals surface area contributed by atoms with Crippen molar-refractivity contribution in [1.29, 1.82) is 0 Å². The first-order valence-electron chi connectivity index (χ1n) is 3.39. The highest BCUT2D eigenvalue weighted by molar-refractivity contribution is 5.22. The molecule has 0 amide bonds. The first-order chi connectivity index (χ1) is 4.85. The van der Waals surface area contributed by atoms with Crippen molar-refractivity contribution in [3.8, 4) is 0 Å². The molecule has 0 saturated heterocycles. The second kappa shape index (κ2) is 6.27. The molecule has 0 rings (SSSR count). The lowest BCUT2D eigenvalue weighted by molar-refractivity contribution is 0.561. The molecule has 0 nitrogen and oxygen atoms in total. The third kappa shape index (κ3) is 4.07. The number of hydrogen-bond acceptors (Lipinski definition) is 0. The van der Waals surface area contributed by atoms with Gasteiger partial charge in [-0.15, -0.1) is 0 Å². The second-order valence-corrected chi connectivity index (χ2v) is 1.89.